The third-order valence-electron chi connectivity index (χ3n) is 4.81. The van der Waals surface area contributed by atoms with Gasteiger partial charge in [0.05, 0.1) is 19.1 Å². The summed E-state index contributed by atoms with van der Waals surface area (Å²) in [6.45, 7) is 5.55. The predicted octanol–water partition coefficient (Wildman–Crippen LogP) is 1.92. The van der Waals surface area contributed by atoms with Crippen LogP contribution >= 0.6 is 0 Å². The molecule has 1 aromatic rings. The summed E-state index contributed by atoms with van der Waals surface area (Å²) >= 11 is 0. The number of ether oxygens (including phenoxy) is 2. The van der Waals surface area contributed by atoms with Gasteiger partial charge in [0.1, 0.15) is 5.75 Å². The topological polar surface area (TPSA) is 67.8 Å². The molecule has 23 heavy (non-hydrogen) atoms. The van der Waals surface area contributed by atoms with Gasteiger partial charge in [-0.2, -0.15) is 0 Å². The Morgan fingerprint density at radius 3 is 2.74 bits per heavy atom. The van der Waals surface area contributed by atoms with Crippen LogP contribution in [-0.2, 0) is 16.0 Å². The molecule has 1 amide bonds. The van der Waals surface area contributed by atoms with Crippen LogP contribution in [-0.4, -0.2) is 43.5 Å². The van der Waals surface area contributed by atoms with Crippen molar-refractivity contribution in [2.75, 3.05) is 26.9 Å². The van der Waals surface area contributed by atoms with E-state index in [0.29, 0.717) is 39.0 Å². The number of carbonyl (C=O) groups is 1. The highest BCUT2D eigenvalue weighted by Crippen LogP contribution is 2.38. The molecule has 2 N–H and O–H groups in total. The van der Waals surface area contributed by atoms with Crippen molar-refractivity contribution in [1.29, 1.82) is 0 Å². The monoisotopic (exact) mass is 321 g/mol. The number of nitrogens with one attached hydrogen (secondary N) is 1. The maximum absolute atomic E-state index is 12.2. The molecule has 1 saturated heterocycles. The van der Waals surface area contributed by atoms with Crippen molar-refractivity contribution >= 4 is 5.91 Å². The highest BCUT2D eigenvalue weighted by Gasteiger charge is 2.44. The van der Waals surface area contributed by atoms with Crippen LogP contribution in [0, 0.1) is 5.41 Å². The number of rotatable bonds is 6. The van der Waals surface area contributed by atoms with Crippen LogP contribution in [0.15, 0.2) is 24.3 Å². The van der Waals surface area contributed by atoms with Crippen LogP contribution < -0.4 is 10.1 Å². The molecule has 5 nitrogen and oxygen atoms in total. The predicted molar refractivity (Wildman–Crippen MR) is 88.5 cm³/mol. The van der Waals surface area contributed by atoms with Gasteiger partial charge in [0.2, 0.25) is 5.91 Å². The average Bonchev–Trinajstić information content (AvgIpc) is 2.54. The number of carbonyl (C=O) groups excluding carboxylic acids is 1. The summed E-state index contributed by atoms with van der Waals surface area (Å²) in [4.78, 5) is 12.2. The Kier molecular flexibility index (Phi) is 5.65. The van der Waals surface area contributed by atoms with E-state index >= 15 is 0 Å². The molecule has 0 unspecified atom stereocenters. The molecule has 1 heterocycles. The molecule has 1 aromatic carbocycles. The standard InChI is InChI=1S/C18H27NO4/c1-17(2,18(21)7-9-23-10-8-18)13-19-16(20)12-14-5-4-6-15(11-14)22-3/h4-6,11,21H,7-10,12-13H2,1-3H3,(H,19,20). The number of benzene rings is 1. The summed E-state index contributed by atoms with van der Waals surface area (Å²) in [6.07, 6.45) is 1.51. The summed E-state index contributed by atoms with van der Waals surface area (Å²) in [5.74, 6) is 0.689. The Labute approximate surface area is 138 Å². The zero-order valence-electron chi connectivity index (χ0n) is 14.2. The van der Waals surface area contributed by atoms with Gasteiger partial charge in [-0.1, -0.05) is 26.0 Å². The molecule has 0 radical (unpaired) electrons. The van der Waals surface area contributed by atoms with Crippen molar-refractivity contribution in [1.82, 2.24) is 5.32 Å². The van der Waals surface area contributed by atoms with E-state index < -0.39 is 11.0 Å². The van der Waals surface area contributed by atoms with E-state index in [4.69, 9.17) is 9.47 Å². The Bertz CT molecular complexity index is 536. The van der Waals surface area contributed by atoms with Crippen LogP contribution in [0.1, 0.15) is 32.3 Å². The van der Waals surface area contributed by atoms with Crippen molar-refractivity contribution < 1.29 is 19.4 Å². The lowest BCUT2D eigenvalue weighted by Crippen LogP contribution is -2.53. The fraction of sp³-hybridized carbons (Fsp3) is 0.611. The van der Waals surface area contributed by atoms with E-state index in [1.165, 1.54) is 0 Å². The van der Waals surface area contributed by atoms with Crippen LogP contribution in [0.3, 0.4) is 0 Å². The zero-order valence-corrected chi connectivity index (χ0v) is 14.2. The maximum Gasteiger partial charge on any atom is 0.224 e. The first kappa shape index (κ1) is 17.8. The SMILES string of the molecule is COc1cccc(CC(=O)NCC(C)(C)C2(O)CCOCC2)c1. The normalized spacial score (nSPS) is 17.6. The molecule has 5 heteroatoms. The molecule has 128 valence electrons. The molecule has 0 atom stereocenters. The molecule has 1 aliphatic heterocycles. The van der Waals surface area contributed by atoms with Crippen LogP contribution in [0.5, 0.6) is 5.75 Å². The molecule has 1 fully saturated rings. The van der Waals surface area contributed by atoms with Crippen molar-refractivity contribution in [2.45, 2.75) is 38.7 Å². The van der Waals surface area contributed by atoms with Crippen molar-refractivity contribution in [3.8, 4) is 5.75 Å². The number of methoxy groups -OCH3 is 1. The van der Waals surface area contributed by atoms with E-state index in [1.54, 1.807) is 7.11 Å². The third kappa shape index (κ3) is 4.45. The lowest BCUT2D eigenvalue weighted by Gasteiger charge is -2.45. The number of amides is 1. The van der Waals surface area contributed by atoms with Gasteiger partial charge in [0.15, 0.2) is 0 Å². The Morgan fingerprint density at radius 1 is 1.39 bits per heavy atom. The smallest absolute Gasteiger partial charge is 0.224 e. The van der Waals surface area contributed by atoms with Gasteiger partial charge >= 0.3 is 0 Å². The third-order valence-corrected chi connectivity index (χ3v) is 4.81. The Morgan fingerprint density at radius 2 is 2.09 bits per heavy atom. The average molecular weight is 321 g/mol. The second kappa shape index (κ2) is 7.32. The lowest BCUT2D eigenvalue weighted by molar-refractivity contribution is -0.135. The highest BCUT2D eigenvalue weighted by molar-refractivity contribution is 5.78. The van der Waals surface area contributed by atoms with E-state index in [2.05, 4.69) is 5.32 Å². The van der Waals surface area contributed by atoms with Crippen LogP contribution in [0.2, 0.25) is 0 Å². The minimum atomic E-state index is -0.797. The quantitative estimate of drug-likeness (QED) is 0.840. The number of hydrogen-bond donors (Lipinski definition) is 2. The molecular formula is C18H27NO4. The van der Waals surface area contributed by atoms with Crippen molar-refractivity contribution in [2.24, 2.45) is 5.41 Å². The van der Waals surface area contributed by atoms with Gasteiger partial charge in [0.25, 0.3) is 0 Å². The molecule has 0 bridgehead atoms. The first-order chi connectivity index (χ1) is 10.9. The molecule has 0 saturated carbocycles. The van der Waals surface area contributed by atoms with Crippen LogP contribution in [0.4, 0.5) is 0 Å². The fourth-order valence-electron chi connectivity index (χ4n) is 2.90. The highest BCUT2D eigenvalue weighted by atomic mass is 16.5. The van der Waals surface area contributed by atoms with Gasteiger partial charge < -0.3 is 19.9 Å². The second-order valence-corrected chi connectivity index (χ2v) is 6.83. The van der Waals surface area contributed by atoms with Gasteiger partial charge in [-0.15, -0.1) is 0 Å². The molecule has 2 rings (SSSR count). The fourth-order valence-corrected chi connectivity index (χ4v) is 2.90. The van der Waals surface area contributed by atoms with Crippen LogP contribution in [0.25, 0.3) is 0 Å². The molecule has 0 spiro atoms. The number of hydrogen-bond acceptors (Lipinski definition) is 4. The molecule has 0 aliphatic carbocycles. The summed E-state index contributed by atoms with van der Waals surface area (Å²) in [5.41, 5.74) is -0.292. The summed E-state index contributed by atoms with van der Waals surface area (Å²) in [7, 11) is 1.61. The van der Waals surface area contributed by atoms with E-state index in [-0.39, 0.29) is 5.91 Å². The second-order valence-electron chi connectivity index (χ2n) is 6.83. The molecule has 0 aromatic heterocycles. The van der Waals surface area contributed by atoms with Gasteiger partial charge in [-0.05, 0) is 17.7 Å². The van der Waals surface area contributed by atoms with Gasteiger partial charge in [0, 0.05) is 38.0 Å². The largest absolute Gasteiger partial charge is 0.497 e. The van der Waals surface area contributed by atoms with E-state index in [0.717, 1.165) is 11.3 Å². The van der Waals surface area contributed by atoms with Gasteiger partial charge in [-0.3, -0.25) is 4.79 Å². The summed E-state index contributed by atoms with van der Waals surface area (Å²) in [6, 6.07) is 7.48. The Balaban J connectivity index is 1.90. The minimum Gasteiger partial charge on any atom is -0.497 e. The molecule has 1 aliphatic rings. The first-order valence-electron chi connectivity index (χ1n) is 8.06. The number of aliphatic hydroxyl groups is 1. The van der Waals surface area contributed by atoms with Crippen molar-refractivity contribution in [3.05, 3.63) is 29.8 Å². The summed E-state index contributed by atoms with van der Waals surface area (Å²) in [5, 5.41) is 13.8. The zero-order chi connectivity index (χ0) is 16.9. The van der Waals surface area contributed by atoms with E-state index in [1.807, 2.05) is 38.1 Å². The minimum absolute atomic E-state index is 0.0537. The maximum atomic E-state index is 12.2. The summed E-state index contributed by atoms with van der Waals surface area (Å²) < 4.78 is 10.5. The first-order valence-corrected chi connectivity index (χ1v) is 8.06. The molecular weight excluding hydrogens is 294 g/mol. The van der Waals surface area contributed by atoms with E-state index in [9.17, 15) is 9.90 Å². The lowest BCUT2D eigenvalue weighted by atomic mass is 9.70. The Hall–Kier alpha value is -1.59. The van der Waals surface area contributed by atoms with Gasteiger partial charge in [-0.25, -0.2) is 0 Å². The van der Waals surface area contributed by atoms with Crippen molar-refractivity contribution in [3.63, 3.8) is 0 Å².